The average Bonchev–Trinajstić information content (AvgIpc) is 2.28. The van der Waals surface area contributed by atoms with Gasteiger partial charge in [-0.05, 0) is 6.92 Å². The lowest BCUT2D eigenvalue weighted by atomic mass is 10.2. The summed E-state index contributed by atoms with van der Waals surface area (Å²) in [6.07, 6.45) is 0.238. The first-order valence-electron chi connectivity index (χ1n) is 6.07. The smallest absolute Gasteiger partial charge is 0.135 e. The van der Waals surface area contributed by atoms with Crippen LogP contribution in [0.3, 0.4) is 0 Å². The van der Waals surface area contributed by atoms with Crippen molar-refractivity contribution in [3.8, 4) is 0 Å². The number of hydrogen-bond donors (Lipinski definition) is 1. The van der Waals surface area contributed by atoms with Gasteiger partial charge in [0, 0.05) is 25.1 Å². The maximum absolute atomic E-state index is 5.83. The van der Waals surface area contributed by atoms with E-state index >= 15 is 0 Å². The Hall–Kier alpha value is -1.36. The molecule has 0 aromatic carbocycles. The molecule has 5 heteroatoms. The molecule has 0 radical (unpaired) electrons. The summed E-state index contributed by atoms with van der Waals surface area (Å²) >= 11 is 0. The molecule has 1 atom stereocenters. The average molecular weight is 236 g/mol. The van der Waals surface area contributed by atoms with Crippen LogP contribution in [0.2, 0.25) is 0 Å². The number of rotatable bonds is 2. The van der Waals surface area contributed by atoms with E-state index in [1.165, 1.54) is 0 Å². The van der Waals surface area contributed by atoms with Crippen LogP contribution in [0.15, 0.2) is 6.07 Å². The molecule has 94 valence electrons. The molecule has 1 aromatic heterocycles. The Kier molecular flexibility index (Phi) is 3.47. The zero-order chi connectivity index (χ0) is 12.4. The maximum atomic E-state index is 5.83. The molecule has 17 heavy (non-hydrogen) atoms. The van der Waals surface area contributed by atoms with Crippen molar-refractivity contribution in [1.82, 2.24) is 9.97 Å². The normalized spacial score (nSPS) is 20.9. The van der Waals surface area contributed by atoms with E-state index in [1.54, 1.807) is 0 Å². The molecule has 1 saturated heterocycles. The van der Waals surface area contributed by atoms with Crippen LogP contribution >= 0.6 is 0 Å². The summed E-state index contributed by atoms with van der Waals surface area (Å²) < 4.78 is 5.52. The molecule has 1 aliphatic rings. The van der Waals surface area contributed by atoms with Crippen LogP contribution in [0.5, 0.6) is 0 Å². The Bertz CT molecular complexity index is 394. The number of nitrogen functional groups attached to an aromatic ring is 1. The van der Waals surface area contributed by atoms with Crippen molar-refractivity contribution in [2.75, 3.05) is 30.3 Å². The van der Waals surface area contributed by atoms with E-state index < -0.39 is 0 Å². The van der Waals surface area contributed by atoms with E-state index in [2.05, 4.69) is 35.6 Å². The molecule has 0 saturated carbocycles. The quantitative estimate of drug-likeness (QED) is 0.841. The topological polar surface area (TPSA) is 64.3 Å². The van der Waals surface area contributed by atoms with E-state index in [0.717, 1.165) is 31.3 Å². The number of aromatic nitrogens is 2. The third kappa shape index (κ3) is 2.85. The maximum Gasteiger partial charge on any atom is 0.135 e. The van der Waals surface area contributed by atoms with Crippen LogP contribution in [0.1, 0.15) is 32.5 Å². The van der Waals surface area contributed by atoms with Crippen LogP contribution in [0, 0.1) is 0 Å². The molecule has 1 unspecified atom stereocenters. The number of ether oxygens (including phenoxy) is 1. The van der Waals surface area contributed by atoms with Crippen molar-refractivity contribution in [2.45, 2.75) is 32.8 Å². The van der Waals surface area contributed by atoms with Gasteiger partial charge in [-0.3, -0.25) is 0 Å². The Morgan fingerprint density at radius 2 is 2.24 bits per heavy atom. The highest BCUT2D eigenvalue weighted by Crippen LogP contribution is 2.20. The second kappa shape index (κ2) is 4.87. The molecule has 0 bridgehead atoms. The van der Waals surface area contributed by atoms with Gasteiger partial charge in [0.1, 0.15) is 17.5 Å². The van der Waals surface area contributed by atoms with E-state index in [1.807, 2.05) is 6.07 Å². The van der Waals surface area contributed by atoms with Gasteiger partial charge in [-0.15, -0.1) is 0 Å². The molecule has 5 nitrogen and oxygen atoms in total. The lowest BCUT2D eigenvalue weighted by molar-refractivity contribution is 0.0529. The third-order valence-electron chi connectivity index (χ3n) is 2.83. The van der Waals surface area contributed by atoms with Gasteiger partial charge >= 0.3 is 0 Å². The first kappa shape index (κ1) is 12.1. The van der Waals surface area contributed by atoms with Crippen LogP contribution in [-0.2, 0) is 4.74 Å². The summed E-state index contributed by atoms with van der Waals surface area (Å²) in [5, 5.41) is 0. The van der Waals surface area contributed by atoms with Crippen molar-refractivity contribution in [2.24, 2.45) is 0 Å². The number of hydrogen-bond acceptors (Lipinski definition) is 5. The summed E-state index contributed by atoms with van der Waals surface area (Å²) in [6, 6.07) is 1.84. The highest BCUT2D eigenvalue weighted by atomic mass is 16.5. The molecule has 2 N–H and O–H groups in total. The second-order valence-electron chi connectivity index (χ2n) is 4.79. The van der Waals surface area contributed by atoms with E-state index in [0.29, 0.717) is 5.82 Å². The molecule has 0 spiro atoms. The van der Waals surface area contributed by atoms with Crippen LogP contribution in [0.25, 0.3) is 0 Å². The van der Waals surface area contributed by atoms with Crippen molar-refractivity contribution in [3.63, 3.8) is 0 Å². The summed E-state index contributed by atoms with van der Waals surface area (Å²) in [4.78, 5) is 11.0. The minimum atomic E-state index is 0.238. The lowest BCUT2D eigenvalue weighted by Gasteiger charge is -2.32. The van der Waals surface area contributed by atoms with Crippen LogP contribution < -0.4 is 10.6 Å². The van der Waals surface area contributed by atoms with Gasteiger partial charge in [0.2, 0.25) is 0 Å². The fraction of sp³-hybridized carbons (Fsp3) is 0.667. The van der Waals surface area contributed by atoms with Crippen LogP contribution in [0.4, 0.5) is 11.6 Å². The fourth-order valence-corrected chi connectivity index (χ4v) is 1.92. The minimum absolute atomic E-state index is 0.238. The van der Waals surface area contributed by atoms with Crippen molar-refractivity contribution in [3.05, 3.63) is 11.9 Å². The Morgan fingerprint density at radius 1 is 1.47 bits per heavy atom. The monoisotopic (exact) mass is 236 g/mol. The number of anilines is 2. The molecule has 2 heterocycles. The predicted molar refractivity (Wildman–Crippen MR) is 68.2 cm³/mol. The zero-order valence-corrected chi connectivity index (χ0v) is 10.7. The van der Waals surface area contributed by atoms with E-state index in [9.17, 15) is 0 Å². The summed E-state index contributed by atoms with van der Waals surface area (Å²) in [5.74, 6) is 2.55. The van der Waals surface area contributed by atoms with E-state index in [4.69, 9.17) is 10.5 Å². The van der Waals surface area contributed by atoms with Gasteiger partial charge in [0.15, 0.2) is 0 Å². The largest absolute Gasteiger partial charge is 0.384 e. The fourth-order valence-electron chi connectivity index (χ4n) is 1.92. The standard InChI is InChI=1S/C12H20N4O/c1-8(2)12-14-10(13)6-11(15-12)16-4-5-17-9(3)7-16/h6,8-9H,4-5,7H2,1-3H3,(H2,13,14,15). The minimum Gasteiger partial charge on any atom is -0.384 e. The number of nitrogens with zero attached hydrogens (tertiary/aromatic N) is 3. The second-order valence-corrected chi connectivity index (χ2v) is 4.79. The molecular formula is C12H20N4O. The SMILES string of the molecule is CC1CN(c2cc(N)nc(C(C)C)n2)CCO1. The van der Waals surface area contributed by atoms with Gasteiger partial charge in [-0.2, -0.15) is 0 Å². The molecule has 0 aliphatic carbocycles. The molecule has 1 aliphatic heterocycles. The first-order chi connectivity index (χ1) is 8.06. The molecule has 1 fully saturated rings. The highest BCUT2D eigenvalue weighted by Gasteiger charge is 2.19. The molecule has 2 rings (SSSR count). The lowest BCUT2D eigenvalue weighted by Crippen LogP contribution is -2.41. The van der Waals surface area contributed by atoms with Crippen LogP contribution in [-0.4, -0.2) is 35.8 Å². The van der Waals surface area contributed by atoms with Gasteiger partial charge in [-0.1, -0.05) is 13.8 Å². The van der Waals surface area contributed by atoms with Gasteiger partial charge < -0.3 is 15.4 Å². The molecule has 0 amide bonds. The summed E-state index contributed by atoms with van der Waals surface area (Å²) in [7, 11) is 0. The third-order valence-corrected chi connectivity index (χ3v) is 2.83. The number of morpholine rings is 1. The summed E-state index contributed by atoms with van der Waals surface area (Å²) in [5.41, 5.74) is 5.83. The van der Waals surface area contributed by atoms with Gasteiger partial charge in [-0.25, -0.2) is 9.97 Å². The van der Waals surface area contributed by atoms with Crippen molar-refractivity contribution in [1.29, 1.82) is 0 Å². The highest BCUT2D eigenvalue weighted by molar-refractivity contribution is 5.47. The Morgan fingerprint density at radius 3 is 2.88 bits per heavy atom. The van der Waals surface area contributed by atoms with Crippen molar-refractivity contribution >= 4 is 11.6 Å². The van der Waals surface area contributed by atoms with Gasteiger partial charge in [0.05, 0.1) is 12.7 Å². The molecule has 1 aromatic rings. The molecular weight excluding hydrogens is 216 g/mol. The Labute approximate surface area is 102 Å². The predicted octanol–water partition coefficient (Wildman–Crippen LogP) is 1.41. The first-order valence-corrected chi connectivity index (χ1v) is 6.07. The summed E-state index contributed by atoms with van der Waals surface area (Å²) in [6.45, 7) is 8.66. The van der Waals surface area contributed by atoms with Gasteiger partial charge in [0.25, 0.3) is 0 Å². The Balaban J connectivity index is 2.25. The number of nitrogens with two attached hydrogens (primary N) is 1. The van der Waals surface area contributed by atoms with Crippen molar-refractivity contribution < 1.29 is 4.74 Å². The van der Waals surface area contributed by atoms with E-state index in [-0.39, 0.29) is 12.0 Å². The zero-order valence-electron chi connectivity index (χ0n) is 10.7.